The lowest BCUT2D eigenvalue weighted by atomic mass is 9.88. The number of hydrogen-bond acceptors (Lipinski definition) is 3. The van der Waals surface area contributed by atoms with E-state index >= 15 is 0 Å². The van der Waals surface area contributed by atoms with Gasteiger partial charge in [-0.1, -0.05) is 25.4 Å². The van der Waals surface area contributed by atoms with Crippen molar-refractivity contribution in [2.24, 2.45) is 5.41 Å². The molecular formula is C14H20ClNO3. The Morgan fingerprint density at radius 2 is 2.11 bits per heavy atom. The Kier molecular flexibility index (Phi) is 5.63. The molecule has 0 radical (unpaired) electrons. The lowest BCUT2D eigenvalue weighted by Gasteiger charge is -2.25. The number of aromatic carboxylic acids is 1. The topological polar surface area (TPSA) is 69.6 Å². The average molecular weight is 286 g/mol. The first-order valence-electron chi connectivity index (χ1n) is 6.23. The highest BCUT2D eigenvalue weighted by Gasteiger charge is 2.17. The normalized spacial score (nSPS) is 11.4. The zero-order valence-electron chi connectivity index (χ0n) is 11.2. The zero-order valence-corrected chi connectivity index (χ0v) is 12.0. The molecule has 5 heteroatoms. The highest BCUT2D eigenvalue weighted by Crippen LogP contribution is 2.27. The number of nitrogens with one attached hydrogen (secondary N) is 1. The molecule has 1 rings (SSSR count). The molecule has 0 aliphatic heterocycles. The van der Waals surface area contributed by atoms with Gasteiger partial charge in [0.05, 0.1) is 16.3 Å². The molecule has 0 aliphatic carbocycles. The van der Waals surface area contributed by atoms with Crippen molar-refractivity contribution < 1.29 is 15.0 Å². The lowest BCUT2D eigenvalue weighted by Crippen LogP contribution is -2.23. The summed E-state index contributed by atoms with van der Waals surface area (Å²) in [7, 11) is 0. The first-order valence-corrected chi connectivity index (χ1v) is 6.61. The van der Waals surface area contributed by atoms with Crippen LogP contribution in [-0.4, -0.2) is 29.3 Å². The molecule has 106 valence electrons. The quantitative estimate of drug-likeness (QED) is 0.719. The predicted octanol–water partition coefficient (Wildman–Crippen LogP) is 3.25. The number of carbonyl (C=O) groups is 1. The maximum atomic E-state index is 10.8. The molecule has 0 aromatic heterocycles. The maximum Gasteiger partial charge on any atom is 0.335 e. The molecule has 1 aromatic carbocycles. The molecule has 0 aliphatic rings. The van der Waals surface area contributed by atoms with E-state index in [1.807, 2.05) is 0 Å². The van der Waals surface area contributed by atoms with Crippen LogP contribution in [0.15, 0.2) is 18.2 Å². The van der Waals surface area contributed by atoms with Crippen molar-refractivity contribution in [3.8, 4) is 0 Å². The van der Waals surface area contributed by atoms with Gasteiger partial charge in [0.2, 0.25) is 0 Å². The maximum absolute atomic E-state index is 10.8. The van der Waals surface area contributed by atoms with Crippen LogP contribution in [0.4, 0.5) is 5.69 Å². The Morgan fingerprint density at radius 3 is 2.63 bits per heavy atom. The van der Waals surface area contributed by atoms with Crippen LogP contribution in [0.2, 0.25) is 5.02 Å². The summed E-state index contributed by atoms with van der Waals surface area (Å²) in [5.41, 5.74) is 0.941. The van der Waals surface area contributed by atoms with Gasteiger partial charge in [-0.3, -0.25) is 0 Å². The molecule has 0 spiro atoms. The Morgan fingerprint density at radius 1 is 1.42 bits per heavy atom. The summed E-state index contributed by atoms with van der Waals surface area (Å²) in [6.45, 7) is 5.11. The van der Waals surface area contributed by atoms with Crippen LogP contribution in [0.5, 0.6) is 0 Å². The van der Waals surface area contributed by atoms with Gasteiger partial charge >= 0.3 is 5.97 Å². The molecule has 0 atom stereocenters. The molecule has 0 fully saturated rings. The number of carboxylic acids is 1. The van der Waals surface area contributed by atoms with Crippen LogP contribution < -0.4 is 5.32 Å². The van der Waals surface area contributed by atoms with Crippen LogP contribution in [0.3, 0.4) is 0 Å². The third kappa shape index (κ3) is 5.09. The van der Waals surface area contributed by atoms with Gasteiger partial charge in [-0.25, -0.2) is 4.79 Å². The van der Waals surface area contributed by atoms with E-state index in [9.17, 15) is 4.79 Å². The van der Waals surface area contributed by atoms with E-state index in [-0.39, 0.29) is 17.6 Å². The third-order valence-electron chi connectivity index (χ3n) is 2.99. The van der Waals surface area contributed by atoms with E-state index in [1.54, 1.807) is 6.07 Å². The van der Waals surface area contributed by atoms with E-state index in [0.717, 1.165) is 18.5 Å². The van der Waals surface area contributed by atoms with Gasteiger partial charge in [-0.05, 0) is 36.5 Å². The fourth-order valence-corrected chi connectivity index (χ4v) is 2.02. The summed E-state index contributed by atoms with van der Waals surface area (Å²) in [6.07, 6.45) is 1.67. The van der Waals surface area contributed by atoms with Crippen molar-refractivity contribution in [3.05, 3.63) is 28.8 Å². The van der Waals surface area contributed by atoms with E-state index in [0.29, 0.717) is 11.6 Å². The minimum atomic E-state index is -0.989. The molecule has 0 bridgehead atoms. The van der Waals surface area contributed by atoms with Crippen molar-refractivity contribution in [2.45, 2.75) is 26.7 Å². The molecule has 3 N–H and O–H groups in total. The van der Waals surface area contributed by atoms with Gasteiger partial charge in [-0.2, -0.15) is 0 Å². The number of aliphatic hydroxyl groups excluding tert-OH is 1. The van der Waals surface area contributed by atoms with Crippen LogP contribution >= 0.6 is 11.6 Å². The molecule has 0 saturated carbocycles. The largest absolute Gasteiger partial charge is 0.478 e. The highest BCUT2D eigenvalue weighted by atomic mass is 35.5. The number of anilines is 1. The SMILES string of the molecule is CC(C)(CCCO)CNc1ccc(C(=O)O)cc1Cl. The van der Waals surface area contributed by atoms with E-state index in [1.165, 1.54) is 12.1 Å². The zero-order chi connectivity index (χ0) is 14.5. The Bertz CT molecular complexity index is 446. The van der Waals surface area contributed by atoms with E-state index in [2.05, 4.69) is 19.2 Å². The number of halogens is 1. The molecular weight excluding hydrogens is 266 g/mol. The molecule has 4 nitrogen and oxygen atoms in total. The van der Waals surface area contributed by atoms with Crippen molar-refractivity contribution in [3.63, 3.8) is 0 Å². The third-order valence-corrected chi connectivity index (χ3v) is 3.30. The average Bonchev–Trinajstić information content (AvgIpc) is 2.35. The summed E-state index contributed by atoms with van der Waals surface area (Å²) < 4.78 is 0. The van der Waals surface area contributed by atoms with Gasteiger partial charge < -0.3 is 15.5 Å². The van der Waals surface area contributed by atoms with Gasteiger partial charge in [0.15, 0.2) is 0 Å². The second kappa shape index (κ2) is 6.78. The summed E-state index contributed by atoms with van der Waals surface area (Å²) in [4.78, 5) is 10.8. The van der Waals surface area contributed by atoms with Gasteiger partial charge in [0.25, 0.3) is 0 Å². The molecule has 1 aromatic rings. The van der Waals surface area contributed by atoms with Gasteiger partial charge in [-0.15, -0.1) is 0 Å². The number of aliphatic hydroxyl groups is 1. The fraction of sp³-hybridized carbons (Fsp3) is 0.500. The predicted molar refractivity (Wildman–Crippen MR) is 77.0 cm³/mol. The van der Waals surface area contributed by atoms with Gasteiger partial charge in [0, 0.05) is 13.2 Å². The second-order valence-corrected chi connectivity index (χ2v) is 5.75. The fourth-order valence-electron chi connectivity index (χ4n) is 1.77. The molecule has 0 unspecified atom stereocenters. The van der Waals surface area contributed by atoms with Crippen molar-refractivity contribution in [2.75, 3.05) is 18.5 Å². The molecule has 0 saturated heterocycles. The number of rotatable bonds is 7. The van der Waals surface area contributed by atoms with Gasteiger partial charge in [0.1, 0.15) is 0 Å². The van der Waals surface area contributed by atoms with Crippen molar-refractivity contribution >= 4 is 23.3 Å². The minimum absolute atomic E-state index is 0.0392. The van der Waals surface area contributed by atoms with Crippen molar-refractivity contribution in [1.29, 1.82) is 0 Å². The summed E-state index contributed by atoms with van der Waals surface area (Å²) >= 11 is 6.04. The minimum Gasteiger partial charge on any atom is -0.478 e. The number of hydrogen-bond donors (Lipinski definition) is 3. The summed E-state index contributed by atoms with van der Waals surface area (Å²) in [5.74, 6) is -0.989. The second-order valence-electron chi connectivity index (χ2n) is 5.34. The monoisotopic (exact) mass is 285 g/mol. The lowest BCUT2D eigenvalue weighted by molar-refractivity contribution is 0.0697. The molecule has 0 amide bonds. The van der Waals surface area contributed by atoms with E-state index < -0.39 is 5.97 Å². The standard InChI is InChI=1S/C14H20ClNO3/c1-14(2,6-3-7-17)9-16-12-5-4-10(13(18)19)8-11(12)15/h4-5,8,16-17H,3,6-7,9H2,1-2H3,(H,18,19). The number of carboxylic acid groups (broad SMARTS) is 1. The van der Waals surface area contributed by atoms with Crippen LogP contribution in [0.1, 0.15) is 37.0 Å². The van der Waals surface area contributed by atoms with Crippen LogP contribution in [0.25, 0.3) is 0 Å². The first kappa shape index (κ1) is 15.8. The van der Waals surface area contributed by atoms with Crippen LogP contribution in [0, 0.1) is 5.41 Å². The molecule has 0 heterocycles. The van der Waals surface area contributed by atoms with Crippen LogP contribution in [-0.2, 0) is 0 Å². The highest BCUT2D eigenvalue weighted by molar-refractivity contribution is 6.33. The Balaban J connectivity index is 2.65. The Hall–Kier alpha value is -1.26. The Labute approximate surface area is 118 Å². The smallest absolute Gasteiger partial charge is 0.335 e. The number of benzene rings is 1. The summed E-state index contributed by atoms with van der Waals surface area (Å²) in [5, 5.41) is 21.3. The van der Waals surface area contributed by atoms with E-state index in [4.69, 9.17) is 21.8 Å². The summed E-state index contributed by atoms with van der Waals surface area (Å²) in [6, 6.07) is 4.64. The van der Waals surface area contributed by atoms with Crippen molar-refractivity contribution in [1.82, 2.24) is 0 Å². The molecule has 19 heavy (non-hydrogen) atoms. The first-order chi connectivity index (χ1) is 8.85.